The Balaban J connectivity index is 2.28. The zero-order chi connectivity index (χ0) is 5.33. The fraction of sp³-hybridized carbons (Fsp3) is 1.00. The molecular formula is C4H10N2S. The van der Waals surface area contributed by atoms with Crippen LogP contribution < -0.4 is 11.5 Å². The molecule has 0 aliphatic carbocycles. The lowest BCUT2D eigenvalue weighted by atomic mass is 10.2. The van der Waals surface area contributed by atoms with Crippen molar-refractivity contribution in [2.24, 2.45) is 11.5 Å². The van der Waals surface area contributed by atoms with Crippen LogP contribution in [0.5, 0.6) is 0 Å². The number of hydrogen-bond donors (Lipinski definition) is 2. The largest absolute Gasteiger partial charge is 0.329 e. The molecule has 0 saturated carbocycles. The SMILES string of the molecule is NCC1(CN)CS1. The second-order valence-corrected chi connectivity index (χ2v) is 3.32. The van der Waals surface area contributed by atoms with Crippen LogP contribution in [0.1, 0.15) is 0 Å². The Bertz CT molecular complexity index is 64.1. The van der Waals surface area contributed by atoms with Crippen molar-refractivity contribution in [3.8, 4) is 0 Å². The van der Waals surface area contributed by atoms with Gasteiger partial charge in [-0.3, -0.25) is 0 Å². The Morgan fingerprint density at radius 3 is 1.86 bits per heavy atom. The molecule has 0 bridgehead atoms. The highest BCUT2D eigenvalue weighted by Gasteiger charge is 2.40. The zero-order valence-corrected chi connectivity index (χ0v) is 5.00. The second-order valence-electron chi connectivity index (χ2n) is 1.88. The third kappa shape index (κ3) is 0.900. The molecule has 7 heavy (non-hydrogen) atoms. The summed E-state index contributed by atoms with van der Waals surface area (Å²) in [6.07, 6.45) is 0. The van der Waals surface area contributed by atoms with Crippen LogP contribution in [0.3, 0.4) is 0 Å². The van der Waals surface area contributed by atoms with Crippen molar-refractivity contribution in [3.63, 3.8) is 0 Å². The normalized spacial score (nSPS) is 24.9. The van der Waals surface area contributed by atoms with Gasteiger partial charge in [-0.1, -0.05) is 0 Å². The summed E-state index contributed by atoms with van der Waals surface area (Å²) in [5.41, 5.74) is 10.8. The molecule has 1 aliphatic rings. The molecule has 0 aromatic heterocycles. The maximum atomic E-state index is 5.38. The molecule has 1 heterocycles. The minimum atomic E-state index is 0.306. The van der Waals surface area contributed by atoms with Crippen LogP contribution in [0.2, 0.25) is 0 Å². The molecule has 0 aromatic rings. The van der Waals surface area contributed by atoms with Gasteiger partial charge in [0.05, 0.1) is 0 Å². The molecule has 1 aliphatic heterocycles. The summed E-state index contributed by atoms with van der Waals surface area (Å²) in [6.45, 7) is 1.49. The van der Waals surface area contributed by atoms with Gasteiger partial charge >= 0.3 is 0 Å². The van der Waals surface area contributed by atoms with E-state index in [4.69, 9.17) is 11.5 Å². The zero-order valence-electron chi connectivity index (χ0n) is 4.18. The van der Waals surface area contributed by atoms with Crippen LogP contribution in [-0.4, -0.2) is 23.6 Å². The first-order chi connectivity index (χ1) is 3.33. The summed E-state index contributed by atoms with van der Waals surface area (Å²) in [5, 5.41) is 0. The summed E-state index contributed by atoms with van der Waals surface area (Å²) in [5.74, 6) is 1.17. The molecule has 2 nitrogen and oxygen atoms in total. The van der Waals surface area contributed by atoms with E-state index in [1.165, 1.54) is 5.75 Å². The van der Waals surface area contributed by atoms with E-state index in [9.17, 15) is 0 Å². The number of hydrogen-bond acceptors (Lipinski definition) is 3. The molecule has 3 heteroatoms. The highest BCUT2D eigenvalue weighted by Crippen LogP contribution is 2.42. The molecule has 0 amide bonds. The summed E-state index contributed by atoms with van der Waals surface area (Å²) in [7, 11) is 0. The molecule has 0 radical (unpaired) electrons. The second kappa shape index (κ2) is 1.65. The molecule has 0 aromatic carbocycles. The van der Waals surface area contributed by atoms with Crippen molar-refractivity contribution in [1.82, 2.24) is 0 Å². The van der Waals surface area contributed by atoms with Gasteiger partial charge in [-0.2, -0.15) is 11.8 Å². The predicted octanol–water partition coefficient (Wildman–Crippen LogP) is -0.611. The maximum Gasteiger partial charge on any atom is 0.0494 e. The van der Waals surface area contributed by atoms with Crippen LogP contribution in [-0.2, 0) is 0 Å². The fourth-order valence-electron chi connectivity index (χ4n) is 0.421. The average Bonchev–Trinajstić information content (AvgIpc) is 2.46. The van der Waals surface area contributed by atoms with Crippen molar-refractivity contribution in [2.45, 2.75) is 4.75 Å². The first-order valence-electron chi connectivity index (χ1n) is 2.37. The van der Waals surface area contributed by atoms with Gasteiger partial charge in [0.15, 0.2) is 0 Å². The van der Waals surface area contributed by atoms with Gasteiger partial charge in [0.1, 0.15) is 0 Å². The van der Waals surface area contributed by atoms with E-state index >= 15 is 0 Å². The first-order valence-corrected chi connectivity index (χ1v) is 3.36. The van der Waals surface area contributed by atoms with Crippen molar-refractivity contribution >= 4 is 11.8 Å². The van der Waals surface area contributed by atoms with Crippen molar-refractivity contribution in [3.05, 3.63) is 0 Å². The molecule has 0 spiro atoms. The van der Waals surface area contributed by atoms with Gasteiger partial charge in [0, 0.05) is 23.6 Å². The Kier molecular flexibility index (Phi) is 1.28. The van der Waals surface area contributed by atoms with E-state index in [1.807, 2.05) is 11.8 Å². The fourth-order valence-corrected chi connectivity index (χ4v) is 1.10. The van der Waals surface area contributed by atoms with Crippen molar-refractivity contribution in [2.75, 3.05) is 18.8 Å². The summed E-state index contributed by atoms with van der Waals surface area (Å²) in [6, 6.07) is 0. The maximum absolute atomic E-state index is 5.38. The van der Waals surface area contributed by atoms with E-state index in [-0.39, 0.29) is 0 Å². The smallest absolute Gasteiger partial charge is 0.0494 e. The lowest BCUT2D eigenvalue weighted by Crippen LogP contribution is -2.30. The Hall–Kier alpha value is 0.270. The lowest BCUT2D eigenvalue weighted by molar-refractivity contribution is 0.733. The summed E-state index contributed by atoms with van der Waals surface area (Å²) < 4.78 is 0.306. The molecule has 0 unspecified atom stereocenters. The number of thioether (sulfide) groups is 1. The Labute approximate surface area is 47.6 Å². The average molecular weight is 118 g/mol. The number of nitrogens with two attached hydrogens (primary N) is 2. The van der Waals surface area contributed by atoms with Gasteiger partial charge in [-0.05, 0) is 0 Å². The first kappa shape index (κ1) is 5.41. The number of rotatable bonds is 2. The monoisotopic (exact) mass is 118 g/mol. The summed E-state index contributed by atoms with van der Waals surface area (Å²) >= 11 is 1.87. The predicted molar refractivity (Wildman–Crippen MR) is 33.3 cm³/mol. The van der Waals surface area contributed by atoms with Gasteiger partial charge < -0.3 is 11.5 Å². The molecule has 4 N–H and O–H groups in total. The topological polar surface area (TPSA) is 52.0 Å². The van der Waals surface area contributed by atoms with E-state index < -0.39 is 0 Å². The molecule has 1 rings (SSSR count). The van der Waals surface area contributed by atoms with Gasteiger partial charge in [-0.25, -0.2) is 0 Å². The Morgan fingerprint density at radius 2 is 1.86 bits per heavy atom. The molecule has 1 saturated heterocycles. The standard InChI is InChI=1S/C4H10N2S/c5-1-4(2-6)3-7-4/h1-3,5-6H2. The van der Waals surface area contributed by atoms with Crippen LogP contribution >= 0.6 is 11.8 Å². The van der Waals surface area contributed by atoms with E-state index in [0.29, 0.717) is 4.75 Å². The van der Waals surface area contributed by atoms with Gasteiger partial charge in [-0.15, -0.1) is 0 Å². The lowest BCUT2D eigenvalue weighted by Gasteiger charge is -2.02. The molecule has 0 atom stereocenters. The van der Waals surface area contributed by atoms with Crippen molar-refractivity contribution in [1.29, 1.82) is 0 Å². The highest BCUT2D eigenvalue weighted by molar-refractivity contribution is 8.08. The molecular weight excluding hydrogens is 108 g/mol. The summed E-state index contributed by atoms with van der Waals surface area (Å²) in [4.78, 5) is 0. The van der Waals surface area contributed by atoms with Crippen LogP contribution in [0.4, 0.5) is 0 Å². The molecule has 42 valence electrons. The minimum absolute atomic E-state index is 0.306. The van der Waals surface area contributed by atoms with E-state index in [2.05, 4.69) is 0 Å². The van der Waals surface area contributed by atoms with Gasteiger partial charge in [0.2, 0.25) is 0 Å². The highest BCUT2D eigenvalue weighted by atomic mass is 32.2. The third-order valence-corrected chi connectivity index (χ3v) is 2.74. The minimum Gasteiger partial charge on any atom is -0.329 e. The van der Waals surface area contributed by atoms with Crippen LogP contribution in [0, 0.1) is 0 Å². The quantitative estimate of drug-likeness (QED) is 0.476. The van der Waals surface area contributed by atoms with Gasteiger partial charge in [0.25, 0.3) is 0 Å². The van der Waals surface area contributed by atoms with Crippen molar-refractivity contribution < 1.29 is 0 Å². The van der Waals surface area contributed by atoms with Crippen LogP contribution in [0.25, 0.3) is 0 Å². The Morgan fingerprint density at radius 1 is 1.43 bits per heavy atom. The molecule has 1 fully saturated rings. The van der Waals surface area contributed by atoms with E-state index in [0.717, 1.165) is 13.1 Å². The third-order valence-electron chi connectivity index (χ3n) is 1.30. The van der Waals surface area contributed by atoms with E-state index in [1.54, 1.807) is 0 Å². The van der Waals surface area contributed by atoms with Crippen LogP contribution in [0.15, 0.2) is 0 Å².